The van der Waals surface area contributed by atoms with Crippen molar-refractivity contribution in [3.8, 4) is 0 Å². The quantitative estimate of drug-likeness (QED) is 0.586. The zero-order chi connectivity index (χ0) is 11.9. The van der Waals surface area contributed by atoms with Crippen molar-refractivity contribution in [1.82, 2.24) is 4.98 Å². The highest BCUT2D eigenvalue weighted by atomic mass is 16.3. The van der Waals surface area contributed by atoms with Gasteiger partial charge in [0.05, 0.1) is 5.54 Å². The number of fused-ring (bicyclic) bond motifs is 1. The molecule has 3 rings (SSSR count). The first kappa shape index (κ1) is 10.2. The minimum atomic E-state index is -0.364. The number of benzene rings is 1. The van der Waals surface area contributed by atoms with Gasteiger partial charge in [-0.05, 0) is 37.0 Å². The first-order valence-electron chi connectivity index (χ1n) is 5.70. The molecule has 0 N–H and O–H groups in total. The summed E-state index contributed by atoms with van der Waals surface area (Å²) in [6, 6.07) is 5.83. The van der Waals surface area contributed by atoms with Gasteiger partial charge >= 0.3 is 0 Å². The van der Waals surface area contributed by atoms with Crippen molar-refractivity contribution in [1.29, 1.82) is 0 Å². The summed E-state index contributed by atoms with van der Waals surface area (Å²) in [5, 5.41) is 0. The molecule has 0 amide bonds. The summed E-state index contributed by atoms with van der Waals surface area (Å²) in [5.41, 5.74) is 2.26. The molecule has 1 aromatic heterocycles. The van der Waals surface area contributed by atoms with Gasteiger partial charge in [0, 0.05) is 6.92 Å². The molecular weight excluding hydrogens is 216 g/mol. The van der Waals surface area contributed by atoms with E-state index in [9.17, 15) is 4.79 Å². The summed E-state index contributed by atoms with van der Waals surface area (Å²) >= 11 is 0. The Morgan fingerprint density at radius 1 is 1.47 bits per heavy atom. The summed E-state index contributed by atoms with van der Waals surface area (Å²) in [5.74, 6) is 0.652. The second-order valence-electron chi connectivity index (χ2n) is 4.50. The monoisotopic (exact) mass is 228 g/mol. The van der Waals surface area contributed by atoms with Crippen molar-refractivity contribution < 1.29 is 9.21 Å². The number of carbonyl (C=O) groups excluding carboxylic acids is 1. The fourth-order valence-electron chi connectivity index (χ4n) is 2.39. The van der Waals surface area contributed by atoms with Gasteiger partial charge < -0.3 is 4.42 Å². The summed E-state index contributed by atoms with van der Waals surface area (Å²) in [7, 11) is 0. The third-order valence-electron chi connectivity index (χ3n) is 3.47. The maximum atomic E-state index is 10.5. The molecule has 0 aliphatic heterocycles. The van der Waals surface area contributed by atoms with Crippen LogP contribution in [0, 0.1) is 6.92 Å². The van der Waals surface area contributed by atoms with Crippen LogP contribution < -0.4 is 0 Å². The Bertz CT molecular complexity index is 619. The van der Waals surface area contributed by atoms with Gasteiger partial charge in [-0.1, -0.05) is 6.07 Å². The van der Waals surface area contributed by atoms with Crippen molar-refractivity contribution >= 4 is 17.2 Å². The molecule has 4 nitrogen and oxygen atoms in total. The van der Waals surface area contributed by atoms with Gasteiger partial charge in [0.1, 0.15) is 5.52 Å². The number of rotatable bonds is 2. The number of nitrogens with zero attached hydrogens (tertiary/aromatic N) is 2. The average Bonchev–Trinajstić information content (AvgIpc) is 2.62. The summed E-state index contributed by atoms with van der Waals surface area (Å²) in [6.07, 6.45) is 4.59. The van der Waals surface area contributed by atoms with Crippen molar-refractivity contribution in [2.24, 2.45) is 4.99 Å². The molecule has 1 heterocycles. The van der Waals surface area contributed by atoms with E-state index in [0.29, 0.717) is 5.89 Å². The molecule has 1 saturated carbocycles. The van der Waals surface area contributed by atoms with Crippen LogP contribution in [0.2, 0.25) is 0 Å². The maximum absolute atomic E-state index is 10.5. The van der Waals surface area contributed by atoms with Gasteiger partial charge in [-0.3, -0.25) is 0 Å². The van der Waals surface area contributed by atoms with Crippen LogP contribution >= 0.6 is 0 Å². The number of aliphatic imine (C=N–C) groups is 1. The van der Waals surface area contributed by atoms with Gasteiger partial charge in [0.25, 0.3) is 0 Å². The van der Waals surface area contributed by atoms with Crippen molar-refractivity contribution in [3.63, 3.8) is 0 Å². The van der Waals surface area contributed by atoms with Crippen molar-refractivity contribution in [3.05, 3.63) is 29.7 Å². The lowest BCUT2D eigenvalue weighted by Gasteiger charge is -2.36. The zero-order valence-electron chi connectivity index (χ0n) is 9.56. The van der Waals surface area contributed by atoms with E-state index < -0.39 is 0 Å². The molecule has 4 heteroatoms. The summed E-state index contributed by atoms with van der Waals surface area (Å²) in [4.78, 5) is 18.8. The molecule has 1 aliphatic rings. The lowest BCUT2D eigenvalue weighted by Crippen LogP contribution is -2.31. The summed E-state index contributed by atoms with van der Waals surface area (Å²) in [6.45, 7) is 1.82. The average molecular weight is 228 g/mol. The van der Waals surface area contributed by atoms with Crippen LogP contribution in [0.15, 0.2) is 27.6 Å². The Hall–Kier alpha value is -1.93. The molecule has 0 bridgehead atoms. The fraction of sp³-hybridized carbons (Fsp3) is 0.385. The van der Waals surface area contributed by atoms with Crippen molar-refractivity contribution in [2.45, 2.75) is 31.7 Å². The van der Waals surface area contributed by atoms with Gasteiger partial charge in [-0.2, -0.15) is 4.99 Å². The molecule has 1 aliphatic carbocycles. The van der Waals surface area contributed by atoms with E-state index in [1.165, 1.54) is 0 Å². The lowest BCUT2D eigenvalue weighted by molar-refractivity contribution is 0.256. The van der Waals surface area contributed by atoms with Gasteiger partial charge in [-0.15, -0.1) is 0 Å². The first-order chi connectivity index (χ1) is 8.23. The number of hydrogen-bond donors (Lipinski definition) is 0. The van der Waals surface area contributed by atoms with E-state index in [2.05, 4.69) is 9.98 Å². The van der Waals surface area contributed by atoms with E-state index >= 15 is 0 Å². The number of isocyanates is 1. The van der Waals surface area contributed by atoms with E-state index in [1.54, 1.807) is 6.08 Å². The Morgan fingerprint density at radius 3 is 2.94 bits per heavy atom. The maximum Gasteiger partial charge on any atom is 0.235 e. The third-order valence-corrected chi connectivity index (χ3v) is 3.47. The Labute approximate surface area is 98.4 Å². The number of oxazole rings is 1. The predicted octanol–water partition coefficient (Wildman–Crippen LogP) is 2.85. The Kier molecular flexibility index (Phi) is 2.13. The fourth-order valence-corrected chi connectivity index (χ4v) is 2.39. The molecule has 0 spiro atoms. The normalized spacial score (nSPS) is 17.5. The molecule has 1 fully saturated rings. The van der Waals surface area contributed by atoms with Gasteiger partial charge in [0.2, 0.25) is 6.08 Å². The first-order valence-corrected chi connectivity index (χ1v) is 5.70. The van der Waals surface area contributed by atoms with Crippen LogP contribution in [0.5, 0.6) is 0 Å². The van der Waals surface area contributed by atoms with E-state index in [1.807, 2.05) is 25.1 Å². The molecule has 86 valence electrons. The zero-order valence-corrected chi connectivity index (χ0v) is 9.56. The lowest BCUT2D eigenvalue weighted by atomic mass is 9.72. The highest BCUT2D eigenvalue weighted by Gasteiger charge is 2.39. The van der Waals surface area contributed by atoms with Crippen LogP contribution in [0.4, 0.5) is 0 Å². The SMILES string of the molecule is Cc1nc2ccc(C3(N=C=O)CCC3)cc2o1. The van der Waals surface area contributed by atoms with Crippen LogP contribution in [0.1, 0.15) is 30.7 Å². The molecule has 17 heavy (non-hydrogen) atoms. The smallest absolute Gasteiger partial charge is 0.235 e. The second kappa shape index (κ2) is 3.54. The molecule has 0 atom stereocenters. The number of aromatic nitrogens is 1. The Balaban J connectivity index is 2.13. The highest BCUT2D eigenvalue weighted by molar-refractivity contribution is 5.74. The summed E-state index contributed by atoms with van der Waals surface area (Å²) < 4.78 is 5.50. The molecule has 0 unspecified atom stereocenters. The van der Waals surface area contributed by atoms with Crippen LogP contribution in [-0.2, 0) is 10.3 Å². The van der Waals surface area contributed by atoms with Crippen LogP contribution in [0.3, 0.4) is 0 Å². The highest BCUT2D eigenvalue weighted by Crippen LogP contribution is 2.45. The molecule has 0 saturated heterocycles. The number of hydrogen-bond acceptors (Lipinski definition) is 4. The van der Waals surface area contributed by atoms with E-state index in [0.717, 1.165) is 35.9 Å². The minimum Gasteiger partial charge on any atom is -0.441 e. The van der Waals surface area contributed by atoms with E-state index in [4.69, 9.17) is 4.42 Å². The van der Waals surface area contributed by atoms with Crippen LogP contribution in [0.25, 0.3) is 11.1 Å². The third kappa shape index (κ3) is 1.49. The molecule has 0 radical (unpaired) electrons. The topological polar surface area (TPSA) is 55.5 Å². The van der Waals surface area contributed by atoms with Gasteiger partial charge in [0.15, 0.2) is 11.5 Å². The predicted molar refractivity (Wildman–Crippen MR) is 62.4 cm³/mol. The van der Waals surface area contributed by atoms with E-state index in [-0.39, 0.29) is 5.54 Å². The second-order valence-corrected chi connectivity index (χ2v) is 4.50. The molecule has 1 aromatic carbocycles. The van der Waals surface area contributed by atoms with Crippen LogP contribution in [-0.4, -0.2) is 11.1 Å². The molecule has 2 aromatic rings. The number of aryl methyl sites for hydroxylation is 1. The van der Waals surface area contributed by atoms with Gasteiger partial charge in [-0.25, -0.2) is 9.78 Å². The van der Waals surface area contributed by atoms with Crippen molar-refractivity contribution in [2.75, 3.05) is 0 Å². The standard InChI is InChI=1S/C13H12N2O2/c1-9-15-11-4-3-10(7-12(11)17-9)13(14-8-16)5-2-6-13/h3-4,7H,2,5-6H2,1H3. The minimum absolute atomic E-state index is 0.364. The molecular formula is C13H12N2O2. The Morgan fingerprint density at radius 2 is 2.29 bits per heavy atom. The largest absolute Gasteiger partial charge is 0.441 e.